The van der Waals surface area contributed by atoms with Gasteiger partial charge in [-0.1, -0.05) is 24.3 Å². The van der Waals surface area contributed by atoms with Crippen LogP contribution in [0.1, 0.15) is 26.8 Å². The highest BCUT2D eigenvalue weighted by atomic mass is 32.1. The van der Waals surface area contributed by atoms with Crippen molar-refractivity contribution in [3.63, 3.8) is 0 Å². The van der Waals surface area contributed by atoms with Gasteiger partial charge in [0.2, 0.25) is 0 Å². The summed E-state index contributed by atoms with van der Waals surface area (Å²) in [6, 6.07) is 18.8. The van der Waals surface area contributed by atoms with E-state index in [-0.39, 0.29) is 22.5 Å². The lowest BCUT2D eigenvalue weighted by atomic mass is 10.1. The number of aromatic amines is 1. The first-order chi connectivity index (χ1) is 18.8. The number of nitrogens with zero attached hydrogens (tertiary/aromatic N) is 1. The molecule has 2 heterocycles. The first-order valence-electron chi connectivity index (χ1n) is 11.7. The molecule has 0 aliphatic heterocycles. The zero-order valence-electron chi connectivity index (χ0n) is 20.2. The van der Waals surface area contributed by atoms with Crippen molar-refractivity contribution in [2.75, 3.05) is 5.32 Å². The monoisotopic (exact) mass is 544 g/mol. The lowest BCUT2D eigenvalue weighted by Crippen LogP contribution is -2.35. The number of amides is 1. The number of carbonyl (C=O) groups is 2. The second-order valence-corrected chi connectivity index (χ2v) is 9.60. The molecule has 2 aromatic heterocycles. The van der Waals surface area contributed by atoms with Gasteiger partial charge < -0.3 is 20.7 Å². The second kappa shape index (κ2) is 10.8. The van der Waals surface area contributed by atoms with Crippen molar-refractivity contribution in [1.82, 2.24) is 14.9 Å². The number of benzene rings is 3. The second-order valence-electron chi connectivity index (χ2n) is 8.62. The molecule has 3 aromatic carbocycles. The molecule has 0 saturated carbocycles. The predicted octanol–water partition coefficient (Wildman–Crippen LogP) is 4.05. The summed E-state index contributed by atoms with van der Waals surface area (Å²) in [4.78, 5) is 54.0. The van der Waals surface area contributed by atoms with Gasteiger partial charge in [0.1, 0.15) is 5.82 Å². The van der Waals surface area contributed by atoms with Gasteiger partial charge in [0.15, 0.2) is 6.04 Å². The van der Waals surface area contributed by atoms with E-state index >= 15 is 0 Å². The van der Waals surface area contributed by atoms with Crippen molar-refractivity contribution < 1.29 is 19.1 Å². The van der Waals surface area contributed by atoms with Crippen LogP contribution in [0, 0.1) is 5.82 Å². The average molecular weight is 545 g/mol. The molecular formula is C28H21FN4O5S. The first kappa shape index (κ1) is 25.6. The number of aliphatic carboxylic acids is 1. The number of H-pyrrole nitrogens is 1. The zero-order chi connectivity index (χ0) is 27.5. The van der Waals surface area contributed by atoms with Crippen LogP contribution in [0.3, 0.4) is 0 Å². The van der Waals surface area contributed by atoms with E-state index in [0.717, 1.165) is 10.1 Å². The molecule has 0 radical (unpaired) electrons. The molecule has 4 N–H and O–H groups in total. The lowest BCUT2D eigenvalue weighted by Gasteiger charge is -2.14. The number of nitrogens with one attached hydrogen (secondary N) is 3. The van der Waals surface area contributed by atoms with Gasteiger partial charge in [0.05, 0.1) is 16.6 Å². The van der Waals surface area contributed by atoms with E-state index in [1.165, 1.54) is 47.7 Å². The Labute approximate surface area is 224 Å². The molecule has 1 amide bonds. The van der Waals surface area contributed by atoms with Crippen LogP contribution >= 0.6 is 11.3 Å². The molecule has 0 aliphatic carbocycles. The Bertz CT molecular complexity index is 1800. The average Bonchev–Trinajstić information content (AvgIpc) is 3.46. The van der Waals surface area contributed by atoms with Gasteiger partial charge in [-0.2, -0.15) is 0 Å². The number of carboxylic acid groups (broad SMARTS) is 1. The van der Waals surface area contributed by atoms with Gasteiger partial charge >= 0.3 is 11.7 Å². The van der Waals surface area contributed by atoms with Crippen molar-refractivity contribution in [3.8, 4) is 5.69 Å². The van der Waals surface area contributed by atoms with Gasteiger partial charge in [-0.3, -0.25) is 9.59 Å². The number of hydrogen-bond donors (Lipinski definition) is 4. The maximum absolute atomic E-state index is 13.3. The lowest BCUT2D eigenvalue weighted by molar-refractivity contribution is -0.139. The van der Waals surface area contributed by atoms with Crippen molar-refractivity contribution in [3.05, 3.63) is 127 Å². The van der Waals surface area contributed by atoms with E-state index in [9.17, 15) is 28.7 Å². The zero-order valence-corrected chi connectivity index (χ0v) is 21.0. The topological polar surface area (TPSA) is 133 Å². The van der Waals surface area contributed by atoms with Crippen LogP contribution in [0.15, 0.2) is 93.8 Å². The number of rotatable bonds is 8. The highest BCUT2D eigenvalue weighted by Crippen LogP contribution is 2.20. The predicted molar refractivity (Wildman–Crippen MR) is 146 cm³/mol. The molecule has 0 spiro atoms. The van der Waals surface area contributed by atoms with Gasteiger partial charge in [-0.15, -0.1) is 11.3 Å². The molecule has 0 bridgehead atoms. The molecule has 1 atom stereocenters. The molecule has 39 heavy (non-hydrogen) atoms. The number of carboxylic acids is 1. The van der Waals surface area contributed by atoms with Gasteiger partial charge in [0, 0.05) is 22.7 Å². The fourth-order valence-electron chi connectivity index (χ4n) is 4.08. The van der Waals surface area contributed by atoms with Crippen LogP contribution in [0.2, 0.25) is 0 Å². The van der Waals surface area contributed by atoms with Crippen molar-refractivity contribution in [2.45, 2.75) is 12.6 Å². The van der Waals surface area contributed by atoms with E-state index in [0.29, 0.717) is 22.6 Å². The fraction of sp³-hybridized carbons (Fsp3) is 0.0714. The van der Waals surface area contributed by atoms with E-state index < -0.39 is 29.2 Å². The standard InChI is InChI=1S/C28H21FN4O5S/c29-18-8-6-16(7-9-18)15-30-19-10-11-21-22(14-19)31-28(38)33(26(21)35)20-4-1-3-17(13-20)25(34)32-24(27(36)37)23-5-2-12-39-23/h1-14,24,30H,15H2,(H,31,38)(H,32,34)(H,36,37). The molecule has 5 aromatic rings. The molecule has 196 valence electrons. The third kappa shape index (κ3) is 5.48. The third-order valence-corrected chi connectivity index (χ3v) is 6.96. The SMILES string of the molecule is O=C(NC(C(=O)O)c1cccs1)c1cccc(-n2c(=O)[nH]c3cc(NCc4ccc(F)cc4)ccc3c2=O)c1. The smallest absolute Gasteiger partial charge is 0.333 e. The molecule has 11 heteroatoms. The van der Waals surface area contributed by atoms with Crippen LogP contribution in [-0.2, 0) is 11.3 Å². The number of halogens is 1. The molecule has 1 unspecified atom stereocenters. The van der Waals surface area contributed by atoms with Gasteiger partial charge in [-0.25, -0.2) is 18.5 Å². The highest BCUT2D eigenvalue weighted by Gasteiger charge is 2.24. The maximum atomic E-state index is 13.3. The van der Waals surface area contributed by atoms with Crippen LogP contribution in [0.4, 0.5) is 10.1 Å². The van der Waals surface area contributed by atoms with E-state index in [1.807, 2.05) is 0 Å². The van der Waals surface area contributed by atoms with Crippen LogP contribution in [0.25, 0.3) is 16.6 Å². The van der Waals surface area contributed by atoms with Gasteiger partial charge in [0.25, 0.3) is 11.5 Å². The summed E-state index contributed by atoms with van der Waals surface area (Å²) in [6.45, 7) is 0.414. The number of hydrogen-bond acceptors (Lipinski definition) is 6. The first-order valence-corrected chi connectivity index (χ1v) is 12.6. The Balaban J connectivity index is 1.41. The third-order valence-electron chi connectivity index (χ3n) is 6.02. The maximum Gasteiger partial charge on any atom is 0.333 e. The largest absolute Gasteiger partial charge is 0.479 e. The van der Waals surface area contributed by atoms with Crippen molar-refractivity contribution >= 4 is 39.8 Å². The summed E-state index contributed by atoms with van der Waals surface area (Å²) >= 11 is 1.20. The number of aromatic nitrogens is 2. The summed E-state index contributed by atoms with van der Waals surface area (Å²) in [6.07, 6.45) is 0. The van der Waals surface area contributed by atoms with Crippen LogP contribution in [0.5, 0.6) is 0 Å². The normalized spacial score (nSPS) is 11.7. The Kier molecular flexibility index (Phi) is 7.06. The van der Waals surface area contributed by atoms with E-state index in [1.54, 1.807) is 47.8 Å². The minimum absolute atomic E-state index is 0.0852. The Morgan fingerprint density at radius 3 is 2.51 bits per heavy atom. The molecule has 0 fully saturated rings. The van der Waals surface area contributed by atoms with E-state index in [2.05, 4.69) is 15.6 Å². The molecule has 0 saturated heterocycles. The number of anilines is 1. The summed E-state index contributed by atoms with van der Waals surface area (Å²) in [7, 11) is 0. The molecular weight excluding hydrogens is 523 g/mol. The Morgan fingerprint density at radius 1 is 1.00 bits per heavy atom. The number of fused-ring (bicyclic) bond motifs is 1. The van der Waals surface area contributed by atoms with Gasteiger partial charge in [-0.05, 0) is 65.5 Å². The summed E-state index contributed by atoms with van der Waals surface area (Å²) in [5.41, 5.74) is 0.770. The summed E-state index contributed by atoms with van der Waals surface area (Å²) in [5, 5.41) is 17.2. The number of thiophene rings is 1. The summed E-state index contributed by atoms with van der Waals surface area (Å²) < 4.78 is 14.0. The van der Waals surface area contributed by atoms with Crippen LogP contribution < -0.4 is 21.9 Å². The Hall–Kier alpha value is -5.03. The van der Waals surface area contributed by atoms with Crippen molar-refractivity contribution in [2.24, 2.45) is 0 Å². The molecule has 0 aliphatic rings. The highest BCUT2D eigenvalue weighted by molar-refractivity contribution is 7.10. The molecule has 9 nitrogen and oxygen atoms in total. The van der Waals surface area contributed by atoms with Crippen molar-refractivity contribution in [1.29, 1.82) is 0 Å². The Morgan fingerprint density at radius 2 is 1.79 bits per heavy atom. The fourth-order valence-corrected chi connectivity index (χ4v) is 4.85. The summed E-state index contributed by atoms with van der Waals surface area (Å²) in [5.74, 6) is -2.21. The van der Waals surface area contributed by atoms with Crippen LogP contribution in [-0.4, -0.2) is 26.5 Å². The quantitative estimate of drug-likeness (QED) is 0.233. The molecule has 5 rings (SSSR count). The minimum atomic E-state index is -1.24. The minimum Gasteiger partial charge on any atom is -0.479 e. The number of carbonyl (C=O) groups excluding carboxylic acids is 1. The van der Waals surface area contributed by atoms with E-state index in [4.69, 9.17) is 0 Å².